The molecule has 1 heterocycles. The van der Waals surface area contributed by atoms with Crippen molar-refractivity contribution in [1.82, 2.24) is 9.03 Å². The maximum atomic E-state index is 11.9. The van der Waals surface area contributed by atoms with E-state index in [1.54, 1.807) is 0 Å². The van der Waals surface area contributed by atoms with Crippen molar-refractivity contribution >= 4 is 16.2 Å². The second-order valence-corrected chi connectivity index (χ2v) is 6.24. The molecule has 0 aromatic rings. The summed E-state index contributed by atoms with van der Waals surface area (Å²) in [7, 11) is -3.63. The molecule has 3 unspecified atom stereocenters. The molecule has 0 aromatic carbocycles. The van der Waals surface area contributed by atoms with E-state index in [9.17, 15) is 13.2 Å². The van der Waals surface area contributed by atoms with Crippen LogP contribution in [0.1, 0.15) is 26.2 Å². The number of fused-ring (bicyclic) bond motifs is 2. The summed E-state index contributed by atoms with van der Waals surface area (Å²) in [6, 6.07) is -1.01. The van der Waals surface area contributed by atoms with Gasteiger partial charge in [-0.25, -0.2) is 0 Å². The van der Waals surface area contributed by atoms with Crippen LogP contribution in [0.2, 0.25) is 0 Å². The van der Waals surface area contributed by atoms with E-state index in [0.717, 1.165) is 19.3 Å². The molecule has 0 aromatic heterocycles. The second kappa shape index (κ2) is 3.97. The number of nitrogens with one attached hydrogen (secondary N) is 1. The van der Waals surface area contributed by atoms with Crippen molar-refractivity contribution in [3.05, 3.63) is 0 Å². The average Bonchev–Trinajstić information content (AvgIpc) is 2.77. The van der Waals surface area contributed by atoms with Gasteiger partial charge in [-0.1, -0.05) is 0 Å². The smallest absolute Gasteiger partial charge is 0.321 e. The van der Waals surface area contributed by atoms with Crippen molar-refractivity contribution in [2.75, 3.05) is 6.54 Å². The van der Waals surface area contributed by atoms with Gasteiger partial charge in [-0.15, -0.1) is 0 Å². The van der Waals surface area contributed by atoms with E-state index < -0.39 is 22.2 Å². The minimum atomic E-state index is -3.63. The van der Waals surface area contributed by atoms with E-state index in [1.165, 1.54) is 11.2 Å². The summed E-state index contributed by atoms with van der Waals surface area (Å²) < 4.78 is 27.4. The highest BCUT2D eigenvalue weighted by Gasteiger charge is 2.44. The summed E-state index contributed by atoms with van der Waals surface area (Å²) in [5, 5.41) is 8.67. The maximum absolute atomic E-state index is 11.9. The Morgan fingerprint density at radius 1 is 1.50 bits per heavy atom. The highest BCUT2D eigenvalue weighted by atomic mass is 32.2. The highest BCUT2D eigenvalue weighted by molar-refractivity contribution is 7.87. The first-order valence-corrected chi connectivity index (χ1v) is 6.86. The van der Waals surface area contributed by atoms with Gasteiger partial charge in [0.25, 0.3) is 10.2 Å². The summed E-state index contributed by atoms with van der Waals surface area (Å²) in [6.45, 7) is 1.86. The van der Waals surface area contributed by atoms with Gasteiger partial charge in [-0.2, -0.15) is 17.4 Å². The molecule has 2 fully saturated rings. The normalized spacial score (nSPS) is 31.8. The summed E-state index contributed by atoms with van der Waals surface area (Å²) >= 11 is 0. The van der Waals surface area contributed by atoms with E-state index in [-0.39, 0.29) is 6.04 Å². The van der Waals surface area contributed by atoms with Gasteiger partial charge in [0.2, 0.25) is 0 Å². The van der Waals surface area contributed by atoms with E-state index >= 15 is 0 Å². The van der Waals surface area contributed by atoms with Crippen LogP contribution in [-0.4, -0.2) is 42.4 Å². The standard InChI is InChI=1S/C9H16N2O4S/c1-6(9(12)13)10-16(14,15)11-5-7-2-3-8(11)4-7/h6-8,10H,2-5H2,1H3,(H,12,13). The Labute approximate surface area is 94.8 Å². The predicted octanol–water partition coefficient (Wildman–Crippen LogP) is -0.222. The summed E-state index contributed by atoms with van der Waals surface area (Å²) in [6.07, 6.45) is 2.90. The van der Waals surface area contributed by atoms with Crippen molar-refractivity contribution in [3.63, 3.8) is 0 Å². The van der Waals surface area contributed by atoms with E-state index in [2.05, 4.69) is 4.72 Å². The first-order chi connectivity index (χ1) is 7.40. The molecule has 2 bridgehead atoms. The third kappa shape index (κ3) is 2.07. The number of carboxylic acid groups (broad SMARTS) is 1. The number of carboxylic acids is 1. The lowest BCUT2D eigenvalue weighted by atomic mass is 10.1. The van der Waals surface area contributed by atoms with Gasteiger partial charge in [0.15, 0.2) is 0 Å². The summed E-state index contributed by atoms with van der Waals surface area (Å²) in [5.74, 6) is -0.699. The van der Waals surface area contributed by atoms with Crippen LogP contribution in [0.3, 0.4) is 0 Å². The van der Waals surface area contributed by atoms with Crippen molar-refractivity contribution in [2.45, 2.75) is 38.3 Å². The number of hydrogen-bond acceptors (Lipinski definition) is 3. The topological polar surface area (TPSA) is 86.7 Å². The SMILES string of the molecule is CC(NS(=O)(=O)N1CC2CCC1C2)C(=O)O. The minimum Gasteiger partial charge on any atom is -0.480 e. The van der Waals surface area contributed by atoms with Crippen molar-refractivity contribution in [2.24, 2.45) is 5.92 Å². The Hall–Kier alpha value is -0.660. The molecule has 0 radical (unpaired) electrons. The van der Waals surface area contributed by atoms with Gasteiger partial charge in [-0.05, 0) is 32.1 Å². The zero-order valence-corrected chi connectivity index (χ0v) is 9.90. The van der Waals surface area contributed by atoms with Gasteiger partial charge in [0.05, 0.1) is 0 Å². The van der Waals surface area contributed by atoms with Crippen LogP contribution in [0.15, 0.2) is 0 Å². The lowest BCUT2D eigenvalue weighted by molar-refractivity contribution is -0.138. The Kier molecular flexibility index (Phi) is 2.93. The monoisotopic (exact) mass is 248 g/mol. The molecule has 1 aliphatic carbocycles. The van der Waals surface area contributed by atoms with Gasteiger partial charge in [0.1, 0.15) is 6.04 Å². The fourth-order valence-corrected chi connectivity index (χ4v) is 4.19. The lowest BCUT2D eigenvalue weighted by Gasteiger charge is -2.27. The molecule has 6 nitrogen and oxygen atoms in total. The Balaban J connectivity index is 2.05. The van der Waals surface area contributed by atoms with Crippen LogP contribution in [-0.2, 0) is 15.0 Å². The molecule has 0 spiro atoms. The molecular weight excluding hydrogens is 232 g/mol. The van der Waals surface area contributed by atoms with Crippen LogP contribution in [0.25, 0.3) is 0 Å². The third-order valence-corrected chi connectivity index (χ3v) is 5.08. The molecule has 2 aliphatic rings. The predicted molar refractivity (Wildman–Crippen MR) is 57.0 cm³/mol. The Bertz CT molecular complexity index is 394. The number of piperidine rings is 1. The van der Waals surface area contributed by atoms with Gasteiger partial charge >= 0.3 is 5.97 Å². The highest BCUT2D eigenvalue weighted by Crippen LogP contribution is 2.38. The lowest BCUT2D eigenvalue weighted by Crippen LogP contribution is -2.49. The van der Waals surface area contributed by atoms with E-state index in [4.69, 9.17) is 5.11 Å². The Morgan fingerprint density at radius 3 is 2.62 bits per heavy atom. The quantitative estimate of drug-likeness (QED) is 0.720. The molecule has 2 rings (SSSR count). The van der Waals surface area contributed by atoms with Crippen molar-refractivity contribution in [3.8, 4) is 0 Å². The number of rotatable bonds is 4. The molecule has 7 heteroatoms. The molecule has 16 heavy (non-hydrogen) atoms. The van der Waals surface area contributed by atoms with Gasteiger partial charge < -0.3 is 5.11 Å². The second-order valence-electron chi connectivity index (χ2n) is 4.59. The third-order valence-electron chi connectivity index (χ3n) is 3.36. The van der Waals surface area contributed by atoms with E-state index in [0.29, 0.717) is 12.5 Å². The number of aliphatic carboxylic acids is 1. The molecular formula is C9H16N2O4S. The van der Waals surface area contributed by atoms with Gasteiger partial charge in [0, 0.05) is 12.6 Å². The van der Waals surface area contributed by atoms with Crippen LogP contribution in [0.5, 0.6) is 0 Å². The number of hydrogen-bond donors (Lipinski definition) is 2. The maximum Gasteiger partial charge on any atom is 0.321 e. The molecule has 1 saturated heterocycles. The average molecular weight is 248 g/mol. The zero-order valence-electron chi connectivity index (χ0n) is 9.09. The van der Waals surface area contributed by atoms with Crippen LogP contribution in [0.4, 0.5) is 0 Å². The Morgan fingerprint density at radius 2 is 2.19 bits per heavy atom. The molecule has 3 atom stereocenters. The number of nitrogens with zero attached hydrogens (tertiary/aromatic N) is 1. The molecule has 0 amide bonds. The largest absolute Gasteiger partial charge is 0.480 e. The molecule has 92 valence electrons. The van der Waals surface area contributed by atoms with E-state index in [1.807, 2.05) is 0 Å². The van der Waals surface area contributed by atoms with Gasteiger partial charge in [-0.3, -0.25) is 4.79 Å². The summed E-state index contributed by atoms with van der Waals surface area (Å²) in [5.41, 5.74) is 0. The van der Waals surface area contributed by atoms with Crippen LogP contribution >= 0.6 is 0 Å². The van der Waals surface area contributed by atoms with Crippen LogP contribution < -0.4 is 4.72 Å². The minimum absolute atomic E-state index is 0.0727. The fourth-order valence-electron chi connectivity index (χ4n) is 2.52. The van der Waals surface area contributed by atoms with Crippen molar-refractivity contribution in [1.29, 1.82) is 0 Å². The number of carbonyl (C=O) groups is 1. The fraction of sp³-hybridized carbons (Fsp3) is 0.889. The zero-order chi connectivity index (χ0) is 11.9. The summed E-state index contributed by atoms with van der Waals surface area (Å²) in [4.78, 5) is 10.6. The first-order valence-electron chi connectivity index (χ1n) is 5.42. The molecule has 2 N–H and O–H groups in total. The van der Waals surface area contributed by atoms with Crippen LogP contribution in [0, 0.1) is 5.92 Å². The molecule has 1 aliphatic heterocycles. The van der Waals surface area contributed by atoms with Crippen molar-refractivity contribution < 1.29 is 18.3 Å². The molecule has 1 saturated carbocycles. The first kappa shape index (κ1) is 11.8.